The lowest BCUT2D eigenvalue weighted by molar-refractivity contribution is -0.138. The summed E-state index contributed by atoms with van der Waals surface area (Å²) in [5, 5.41) is 9.08. The van der Waals surface area contributed by atoms with Crippen LogP contribution >= 0.6 is 0 Å². The summed E-state index contributed by atoms with van der Waals surface area (Å²) in [5.41, 5.74) is 2.72. The molecule has 4 aliphatic carbocycles. The largest absolute Gasteiger partial charge is 0.356 e. The van der Waals surface area contributed by atoms with Crippen LogP contribution in [0.3, 0.4) is 0 Å². The maximum atomic E-state index is 12.6. The summed E-state index contributed by atoms with van der Waals surface area (Å²) in [6.07, 6.45) is 7.73. The number of nitrogens with one attached hydrogen (secondary N) is 3. The van der Waals surface area contributed by atoms with E-state index < -0.39 is 11.8 Å². The molecule has 0 heterocycles. The predicted molar refractivity (Wildman–Crippen MR) is 123 cm³/mol. The second-order valence-corrected chi connectivity index (χ2v) is 10.00. The lowest BCUT2D eigenvalue weighted by Gasteiger charge is -2.59. The standard InChI is InChI=1S/C26H31N3O2/c1-17(26-14-18-11-19(15-26)13-20(12-18)16-26)27-24(30)25(31)29-23-9-7-22(8-10-23)28-21-5-3-2-4-6-21/h2-10,17-20,28H,11-16H2,1H3,(H,27,30)(H,29,31). The number of rotatable bonds is 5. The van der Waals surface area contributed by atoms with Gasteiger partial charge in [0.05, 0.1) is 0 Å². The highest BCUT2D eigenvalue weighted by Crippen LogP contribution is 2.61. The Morgan fingerprint density at radius 2 is 1.29 bits per heavy atom. The number of carbonyl (C=O) groups is 2. The van der Waals surface area contributed by atoms with Crippen LogP contribution in [0, 0.1) is 23.2 Å². The van der Waals surface area contributed by atoms with E-state index in [4.69, 9.17) is 0 Å². The van der Waals surface area contributed by atoms with E-state index in [2.05, 4.69) is 22.9 Å². The summed E-state index contributed by atoms with van der Waals surface area (Å²) >= 11 is 0. The molecule has 0 aliphatic heterocycles. The molecule has 1 atom stereocenters. The second-order valence-electron chi connectivity index (χ2n) is 10.00. The Labute approximate surface area is 184 Å². The fourth-order valence-electron chi connectivity index (χ4n) is 6.64. The lowest BCUT2D eigenvalue weighted by Crippen LogP contribution is -2.57. The lowest BCUT2D eigenvalue weighted by atomic mass is 9.48. The number of anilines is 3. The number of hydrogen-bond donors (Lipinski definition) is 3. The van der Waals surface area contributed by atoms with Gasteiger partial charge in [-0.05, 0) is 105 Å². The smallest absolute Gasteiger partial charge is 0.313 e. The monoisotopic (exact) mass is 417 g/mol. The summed E-state index contributed by atoms with van der Waals surface area (Å²) in [6, 6.07) is 17.3. The molecule has 0 spiro atoms. The van der Waals surface area contributed by atoms with E-state index in [1.54, 1.807) is 12.1 Å². The highest BCUT2D eigenvalue weighted by atomic mass is 16.2. The van der Waals surface area contributed by atoms with Crippen LogP contribution in [0.4, 0.5) is 17.1 Å². The van der Waals surface area contributed by atoms with E-state index in [0.717, 1.165) is 29.1 Å². The first-order chi connectivity index (χ1) is 15.0. The highest BCUT2D eigenvalue weighted by molar-refractivity contribution is 6.39. The summed E-state index contributed by atoms with van der Waals surface area (Å²) in [7, 11) is 0. The number of benzene rings is 2. The molecule has 3 N–H and O–H groups in total. The molecule has 2 amide bonds. The predicted octanol–water partition coefficient (Wildman–Crippen LogP) is 5.09. The molecule has 31 heavy (non-hydrogen) atoms. The Morgan fingerprint density at radius 3 is 1.87 bits per heavy atom. The third kappa shape index (κ3) is 4.18. The van der Waals surface area contributed by atoms with E-state index >= 15 is 0 Å². The number of para-hydroxylation sites is 1. The van der Waals surface area contributed by atoms with Crippen LogP contribution in [0.2, 0.25) is 0 Å². The van der Waals surface area contributed by atoms with Gasteiger partial charge in [0.1, 0.15) is 0 Å². The zero-order valence-corrected chi connectivity index (χ0v) is 18.1. The van der Waals surface area contributed by atoms with Gasteiger partial charge in [-0.15, -0.1) is 0 Å². The molecule has 2 aromatic carbocycles. The van der Waals surface area contributed by atoms with Crippen molar-refractivity contribution in [3.05, 3.63) is 54.6 Å². The van der Waals surface area contributed by atoms with Gasteiger partial charge in [-0.3, -0.25) is 9.59 Å². The van der Waals surface area contributed by atoms with E-state index in [0.29, 0.717) is 5.69 Å². The first-order valence-electron chi connectivity index (χ1n) is 11.5. The number of amides is 2. The van der Waals surface area contributed by atoms with Crippen LogP contribution in [-0.2, 0) is 9.59 Å². The Hall–Kier alpha value is -2.82. The van der Waals surface area contributed by atoms with Crippen LogP contribution in [0.1, 0.15) is 45.4 Å². The van der Waals surface area contributed by atoms with Gasteiger partial charge in [0.15, 0.2) is 0 Å². The molecule has 0 saturated heterocycles. The van der Waals surface area contributed by atoms with Gasteiger partial charge in [0.2, 0.25) is 0 Å². The van der Waals surface area contributed by atoms with Gasteiger partial charge < -0.3 is 16.0 Å². The Kier molecular flexibility index (Phi) is 5.20. The van der Waals surface area contributed by atoms with Crippen LogP contribution in [0.5, 0.6) is 0 Å². The Bertz CT molecular complexity index is 919. The van der Waals surface area contributed by atoms with Gasteiger partial charge in [-0.2, -0.15) is 0 Å². The zero-order valence-electron chi connectivity index (χ0n) is 18.1. The van der Waals surface area contributed by atoms with Crippen molar-refractivity contribution >= 4 is 28.9 Å². The molecule has 4 bridgehead atoms. The van der Waals surface area contributed by atoms with E-state index in [1.807, 2.05) is 42.5 Å². The van der Waals surface area contributed by atoms with Gasteiger partial charge in [0.25, 0.3) is 0 Å². The normalized spacial score (nSPS) is 29.3. The molecule has 4 fully saturated rings. The quantitative estimate of drug-likeness (QED) is 0.594. The van der Waals surface area contributed by atoms with E-state index in [9.17, 15) is 9.59 Å². The van der Waals surface area contributed by atoms with Gasteiger partial charge in [-0.25, -0.2) is 0 Å². The molecule has 5 heteroatoms. The molecule has 4 aliphatic rings. The molecule has 5 nitrogen and oxygen atoms in total. The molecule has 0 aromatic heterocycles. The van der Waals surface area contributed by atoms with Crippen LogP contribution in [-0.4, -0.2) is 17.9 Å². The molecule has 0 radical (unpaired) electrons. The number of carbonyl (C=O) groups excluding carboxylic acids is 2. The first-order valence-corrected chi connectivity index (χ1v) is 11.5. The van der Waals surface area contributed by atoms with Crippen LogP contribution in [0.25, 0.3) is 0 Å². The average molecular weight is 418 g/mol. The number of hydrogen-bond acceptors (Lipinski definition) is 3. The second kappa shape index (κ2) is 8.03. The summed E-state index contributed by atoms with van der Waals surface area (Å²) < 4.78 is 0. The third-order valence-corrected chi connectivity index (χ3v) is 7.76. The van der Waals surface area contributed by atoms with Crippen molar-refractivity contribution in [2.24, 2.45) is 23.2 Å². The topological polar surface area (TPSA) is 70.2 Å². The molecule has 1 unspecified atom stereocenters. The molecule has 162 valence electrons. The first kappa shape index (κ1) is 20.1. The summed E-state index contributed by atoms with van der Waals surface area (Å²) in [5.74, 6) is 1.34. The zero-order chi connectivity index (χ0) is 21.4. The van der Waals surface area contributed by atoms with E-state index in [1.165, 1.54) is 38.5 Å². The minimum absolute atomic E-state index is 0.0385. The maximum Gasteiger partial charge on any atom is 0.313 e. The van der Waals surface area contributed by atoms with Gasteiger partial charge in [-0.1, -0.05) is 18.2 Å². The Balaban J connectivity index is 1.17. The van der Waals surface area contributed by atoms with Crippen LogP contribution < -0.4 is 16.0 Å². The average Bonchev–Trinajstić information content (AvgIpc) is 2.75. The van der Waals surface area contributed by atoms with Crippen molar-refractivity contribution in [3.63, 3.8) is 0 Å². The summed E-state index contributed by atoms with van der Waals surface area (Å²) in [6.45, 7) is 2.10. The fourth-order valence-corrected chi connectivity index (χ4v) is 6.64. The maximum absolute atomic E-state index is 12.6. The van der Waals surface area contributed by atoms with Crippen molar-refractivity contribution < 1.29 is 9.59 Å². The molecular weight excluding hydrogens is 386 g/mol. The van der Waals surface area contributed by atoms with E-state index in [-0.39, 0.29) is 11.5 Å². The van der Waals surface area contributed by atoms with Crippen molar-refractivity contribution in [2.45, 2.75) is 51.5 Å². The van der Waals surface area contributed by atoms with Gasteiger partial charge in [0, 0.05) is 23.1 Å². The molecule has 2 aromatic rings. The highest BCUT2D eigenvalue weighted by Gasteiger charge is 2.53. The third-order valence-electron chi connectivity index (χ3n) is 7.76. The van der Waals surface area contributed by atoms with Crippen LogP contribution in [0.15, 0.2) is 54.6 Å². The van der Waals surface area contributed by atoms with Crippen molar-refractivity contribution in [3.8, 4) is 0 Å². The SMILES string of the molecule is CC(NC(=O)C(=O)Nc1ccc(Nc2ccccc2)cc1)C12CC3CC(CC(C3)C1)C2. The molecule has 6 rings (SSSR count). The summed E-state index contributed by atoms with van der Waals surface area (Å²) in [4.78, 5) is 25.1. The Morgan fingerprint density at radius 1 is 0.774 bits per heavy atom. The minimum Gasteiger partial charge on any atom is -0.356 e. The van der Waals surface area contributed by atoms with Gasteiger partial charge >= 0.3 is 11.8 Å². The fraction of sp³-hybridized carbons (Fsp3) is 0.462. The van der Waals surface area contributed by atoms with Crippen molar-refractivity contribution in [2.75, 3.05) is 10.6 Å². The van der Waals surface area contributed by atoms with Crippen molar-refractivity contribution in [1.82, 2.24) is 5.32 Å². The molecular formula is C26H31N3O2. The van der Waals surface area contributed by atoms with Crippen molar-refractivity contribution in [1.29, 1.82) is 0 Å². The minimum atomic E-state index is -0.597. The molecule has 4 saturated carbocycles.